The van der Waals surface area contributed by atoms with Crippen molar-refractivity contribution in [3.8, 4) is 23.3 Å². The fourth-order valence-electron chi connectivity index (χ4n) is 1.07. The minimum atomic E-state index is -0.637. The van der Waals surface area contributed by atoms with Crippen LogP contribution in [-0.4, -0.2) is 25.4 Å². The van der Waals surface area contributed by atoms with Crippen molar-refractivity contribution in [2.24, 2.45) is 0 Å². The third-order valence-electron chi connectivity index (χ3n) is 1.78. The fourth-order valence-corrected chi connectivity index (χ4v) is 1.07. The van der Waals surface area contributed by atoms with E-state index in [1.54, 1.807) is 39.3 Å². The van der Waals surface area contributed by atoms with Crippen LogP contribution in [0.15, 0.2) is 18.2 Å². The standard InChI is InChI=1S/C12H14O3/c1-9(13)4-5-10-6-11(14-2)8-12(7-10)15-3/h6-9,13H,1-3H3/t9-/m0/s1. The Kier molecular flexibility index (Phi) is 4.02. The Bertz CT molecular complexity index is 363. The molecular weight excluding hydrogens is 192 g/mol. The SMILES string of the molecule is COc1cc(C#C[C@H](C)O)cc(OC)c1. The summed E-state index contributed by atoms with van der Waals surface area (Å²) >= 11 is 0. The summed E-state index contributed by atoms with van der Waals surface area (Å²) in [4.78, 5) is 0. The zero-order valence-corrected chi connectivity index (χ0v) is 9.07. The maximum Gasteiger partial charge on any atom is 0.123 e. The number of methoxy groups -OCH3 is 2. The van der Waals surface area contributed by atoms with Gasteiger partial charge in [0.15, 0.2) is 0 Å². The minimum Gasteiger partial charge on any atom is -0.497 e. The van der Waals surface area contributed by atoms with E-state index in [1.807, 2.05) is 0 Å². The molecule has 0 fully saturated rings. The fraction of sp³-hybridized carbons (Fsp3) is 0.333. The Labute approximate surface area is 89.6 Å². The molecule has 0 saturated carbocycles. The molecule has 1 aromatic carbocycles. The summed E-state index contributed by atoms with van der Waals surface area (Å²) < 4.78 is 10.2. The van der Waals surface area contributed by atoms with E-state index in [0.29, 0.717) is 11.5 Å². The normalized spacial score (nSPS) is 11.2. The molecule has 0 radical (unpaired) electrons. The number of aliphatic hydroxyl groups is 1. The molecule has 3 heteroatoms. The molecule has 3 nitrogen and oxygen atoms in total. The van der Waals surface area contributed by atoms with Crippen LogP contribution in [0, 0.1) is 11.8 Å². The second-order valence-corrected chi connectivity index (χ2v) is 3.05. The average molecular weight is 206 g/mol. The average Bonchev–Trinajstić information content (AvgIpc) is 2.25. The Morgan fingerprint density at radius 2 is 1.67 bits per heavy atom. The molecule has 0 spiro atoms. The molecule has 80 valence electrons. The van der Waals surface area contributed by atoms with Gasteiger partial charge in [-0.1, -0.05) is 11.8 Å². The molecule has 0 bridgehead atoms. The van der Waals surface area contributed by atoms with E-state index in [-0.39, 0.29) is 0 Å². The molecule has 0 aliphatic rings. The lowest BCUT2D eigenvalue weighted by Gasteiger charge is -2.04. The number of rotatable bonds is 2. The number of aliphatic hydroxyl groups excluding tert-OH is 1. The molecule has 0 heterocycles. The number of benzene rings is 1. The lowest BCUT2D eigenvalue weighted by atomic mass is 10.2. The van der Waals surface area contributed by atoms with E-state index in [2.05, 4.69) is 11.8 Å². The lowest BCUT2D eigenvalue weighted by molar-refractivity contribution is 0.253. The molecule has 15 heavy (non-hydrogen) atoms. The third-order valence-corrected chi connectivity index (χ3v) is 1.78. The summed E-state index contributed by atoms with van der Waals surface area (Å²) in [6.07, 6.45) is -0.637. The van der Waals surface area contributed by atoms with Crippen LogP contribution < -0.4 is 9.47 Å². The van der Waals surface area contributed by atoms with Gasteiger partial charge in [0.1, 0.15) is 17.6 Å². The molecule has 1 rings (SSSR count). The molecular formula is C12H14O3. The van der Waals surface area contributed by atoms with Crippen LogP contribution in [0.4, 0.5) is 0 Å². The zero-order valence-electron chi connectivity index (χ0n) is 9.07. The molecule has 0 amide bonds. The molecule has 0 aliphatic heterocycles. The summed E-state index contributed by atoms with van der Waals surface area (Å²) in [6, 6.07) is 5.35. The summed E-state index contributed by atoms with van der Waals surface area (Å²) in [5.41, 5.74) is 0.757. The van der Waals surface area contributed by atoms with Crippen LogP contribution in [0.1, 0.15) is 12.5 Å². The zero-order chi connectivity index (χ0) is 11.3. The van der Waals surface area contributed by atoms with Crippen LogP contribution in [0.2, 0.25) is 0 Å². The topological polar surface area (TPSA) is 38.7 Å². The highest BCUT2D eigenvalue weighted by molar-refractivity contribution is 5.46. The first-order valence-electron chi connectivity index (χ1n) is 4.58. The summed E-state index contributed by atoms with van der Waals surface area (Å²) in [5.74, 6) is 6.86. The minimum absolute atomic E-state index is 0.637. The first-order chi connectivity index (χ1) is 7.15. The Hall–Kier alpha value is -1.66. The van der Waals surface area contributed by atoms with Crippen molar-refractivity contribution in [3.05, 3.63) is 23.8 Å². The van der Waals surface area contributed by atoms with Gasteiger partial charge in [0.2, 0.25) is 0 Å². The Morgan fingerprint density at radius 3 is 2.07 bits per heavy atom. The van der Waals surface area contributed by atoms with Crippen LogP contribution in [0.3, 0.4) is 0 Å². The van der Waals surface area contributed by atoms with Crippen LogP contribution in [-0.2, 0) is 0 Å². The molecule has 1 aromatic rings. The first kappa shape index (κ1) is 11.4. The summed E-state index contributed by atoms with van der Waals surface area (Å²) in [5, 5.41) is 9.03. The van der Waals surface area contributed by atoms with Crippen molar-refractivity contribution < 1.29 is 14.6 Å². The van der Waals surface area contributed by atoms with E-state index < -0.39 is 6.10 Å². The van der Waals surface area contributed by atoms with Gasteiger partial charge >= 0.3 is 0 Å². The largest absolute Gasteiger partial charge is 0.497 e. The van der Waals surface area contributed by atoms with Crippen molar-refractivity contribution in [1.82, 2.24) is 0 Å². The monoisotopic (exact) mass is 206 g/mol. The van der Waals surface area contributed by atoms with Crippen molar-refractivity contribution in [1.29, 1.82) is 0 Å². The van der Waals surface area contributed by atoms with E-state index in [1.165, 1.54) is 0 Å². The van der Waals surface area contributed by atoms with Crippen LogP contribution >= 0.6 is 0 Å². The van der Waals surface area contributed by atoms with Gasteiger partial charge in [-0.3, -0.25) is 0 Å². The molecule has 1 N–H and O–H groups in total. The van der Waals surface area contributed by atoms with Gasteiger partial charge in [-0.05, 0) is 19.1 Å². The van der Waals surface area contributed by atoms with Crippen molar-refractivity contribution in [3.63, 3.8) is 0 Å². The molecule has 0 saturated heterocycles. The molecule has 0 aliphatic carbocycles. The predicted molar refractivity (Wildman–Crippen MR) is 58.1 cm³/mol. The second-order valence-electron chi connectivity index (χ2n) is 3.05. The molecule has 0 aromatic heterocycles. The number of hydrogen-bond donors (Lipinski definition) is 1. The summed E-state index contributed by atoms with van der Waals surface area (Å²) in [6.45, 7) is 1.62. The van der Waals surface area contributed by atoms with E-state index >= 15 is 0 Å². The lowest BCUT2D eigenvalue weighted by Crippen LogP contribution is -1.93. The highest BCUT2D eigenvalue weighted by Gasteiger charge is 1.99. The van der Waals surface area contributed by atoms with Gasteiger partial charge in [0.25, 0.3) is 0 Å². The van der Waals surface area contributed by atoms with E-state index in [4.69, 9.17) is 14.6 Å². The molecule has 0 unspecified atom stereocenters. The number of hydrogen-bond acceptors (Lipinski definition) is 3. The quantitative estimate of drug-likeness (QED) is 0.744. The second kappa shape index (κ2) is 5.28. The van der Waals surface area contributed by atoms with Crippen molar-refractivity contribution in [2.45, 2.75) is 13.0 Å². The molecule has 1 atom stereocenters. The Balaban J connectivity index is 3.03. The maximum absolute atomic E-state index is 9.03. The third kappa shape index (κ3) is 3.53. The maximum atomic E-state index is 9.03. The van der Waals surface area contributed by atoms with E-state index in [9.17, 15) is 0 Å². The van der Waals surface area contributed by atoms with Gasteiger partial charge in [0.05, 0.1) is 14.2 Å². The smallest absolute Gasteiger partial charge is 0.123 e. The van der Waals surface area contributed by atoms with Gasteiger partial charge in [0, 0.05) is 11.6 Å². The highest BCUT2D eigenvalue weighted by Crippen LogP contribution is 2.21. The Morgan fingerprint density at radius 1 is 1.13 bits per heavy atom. The van der Waals surface area contributed by atoms with Crippen LogP contribution in [0.5, 0.6) is 11.5 Å². The first-order valence-corrected chi connectivity index (χ1v) is 4.58. The highest BCUT2D eigenvalue weighted by atomic mass is 16.5. The van der Waals surface area contributed by atoms with E-state index in [0.717, 1.165) is 5.56 Å². The summed E-state index contributed by atoms with van der Waals surface area (Å²) in [7, 11) is 3.17. The number of ether oxygens (including phenoxy) is 2. The van der Waals surface area contributed by atoms with Gasteiger partial charge in [-0.15, -0.1) is 0 Å². The van der Waals surface area contributed by atoms with Crippen LogP contribution in [0.25, 0.3) is 0 Å². The van der Waals surface area contributed by atoms with Gasteiger partial charge in [-0.25, -0.2) is 0 Å². The van der Waals surface area contributed by atoms with Gasteiger partial charge < -0.3 is 14.6 Å². The van der Waals surface area contributed by atoms with Crippen molar-refractivity contribution >= 4 is 0 Å². The predicted octanol–water partition coefficient (Wildman–Crippen LogP) is 1.44. The van der Waals surface area contributed by atoms with Gasteiger partial charge in [-0.2, -0.15) is 0 Å². The van der Waals surface area contributed by atoms with Crippen molar-refractivity contribution in [2.75, 3.05) is 14.2 Å².